The number of carbonyl (C=O) groups excluding carboxylic acids is 1. The van der Waals surface area contributed by atoms with E-state index in [1.54, 1.807) is 6.07 Å². The summed E-state index contributed by atoms with van der Waals surface area (Å²) in [6, 6.07) is 7.55. The molecule has 0 aliphatic carbocycles. The molecule has 4 nitrogen and oxygen atoms in total. The fourth-order valence-electron chi connectivity index (χ4n) is 2.84. The van der Waals surface area contributed by atoms with Gasteiger partial charge in [-0.1, -0.05) is 22.0 Å². The zero-order valence-electron chi connectivity index (χ0n) is 12.9. The van der Waals surface area contributed by atoms with Gasteiger partial charge in [-0.2, -0.15) is 0 Å². The second-order valence-electron chi connectivity index (χ2n) is 5.78. The van der Waals surface area contributed by atoms with Gasteiger partial charge in [0.15, 0.2) is 5.78 Å². The molecular formula is C18H13Br2FO4. The third-order valence-electron chi connectivity index (χ3n) is 4.07. The maximum atomic E-state index is 13.5. The van der Waals surface area contributed by atoms with Gasteiger partial charge in [-0.15, -0.1) is 0 Å². The molecule has 0 bridgehead atoms. The molecule has 0 spiro atoms. The lowest BCUT2D eigenvalue weighted by Gasteiger charge is -2.25. The highest BCUT2D eigenvalue weighted by molar-refractivity contribution is 9.10. The predicted octanol–water partition coefficient (Wildman–Crippen LogP) is 4.62. The first kappa shape index (κ1) is 18.1. The number of halogens is 3. The number of aromatic carboxylic acids is 1. The van der Waals surface area contributed by atoms with Crippen molar-refractivity contribution in [1.29, 1.82) is 0 Å². The summed E-state index contributed by atoms with van der Waals surface area (Å²) >= 11 is 6.79. The van der Waals surface area contributed by atoms with Gasteiger partial charge in [-0.3, -0.25) is 4.79 Å². The van der Waals surface area contributed by atoms with E-state index in [9.17, 15) is 14.0 Å². The number of carboxylic acid groups (broad SMARTS) is 1. The Kier molecular flexibility index (Phi) is 5.24. The molecule has 7 heteroatoms. The SMILES string of the molecule is O=C(O)c1cc(C[C@H]2COc3c(Br)cc(CBr)cc3C2=O)ccc1F. The number of carbonyl (C=O) groups is 2. The van der Waals surface area contributed by atoms with Crippen LogP contribution in [0.5, 0.6) is 5.75 Å². The number of ketones is 1. The van der Waals surface area contributed by atoms with Crippen LogP contribution in [0.4, 0.5) is 4.39 Å². The number of hydrogen-bond donors (Lipinski definition) is 1. The van der Waals surface area contributed by atoms with Crippen LogP contribution in [0.3, 0.4) is 0 Å². The first-order valence-electron chi connectivity index (χ1n) is 7.47. The van der Waals surface area contributed by atoms with Crippen molar-refractivity contribution in [2.45, 2.75) is 11.8 Å². The summed E-state index contributed by atoms with van der Waals surface area (Å²) in [6.45, 7) is 0.192. The number of carboxylic acids is 1. The van der Waals surface area contributed by atoms with Crippen molar-refractivity contribution in [3.63, 3.8) is 0 Å². The number of hydrogen-bond acceptors (Lipinski definition) is 3. The van der Waals surface area contributed by atoms with Crippen molar-refractivity contribution in [2.75, 3.05) is 6.61 Å². The molecule has 1 heterocycles. The Bertz CT molecular complexity index is 866. The van der Waals surface area contributed by atoms with Gasteiger partial charge in [0, 0.05) is 5.33 Å². The lowest BCUT2D eigenvalue weighted by atomic mass is 9.88. The van der Waals surface area contributed by atoms with Crippen molar-refractivity contribution in [1.82, 2.24) is 0 Å². The Hall–Kier alpha value is -1.73. The van der Waals surface area contributed by atoms with E-state index >= 15 is 0 Å². The Morgan fingerprint density at radius 2 is 2.04 bits per heavy atom. The van der Waals surface area contributed by atoms with Crippen LogP contribution in [-0.4, -0.2) is 23.5 Å². The van der Waals surface area contributed by atoms with Gasteiger partial charge in [0.1, 0.15) is 11.6 Å². The molecule has 1 atom stereocenters. The Morgan fingerprint density at radius 1 is 1.28 bits per heavy atom. The van der Waals surface area contributed by atoms with Crippen LogP contribution < -0.4 is 4.74 Å². The molecule has 0 saturated carbocycles. The Balaban J connectivity index is 1.89. The number of rotatable bonds is 4. The zero-order chi connectivity index (χ0) is 18.1. The highest BCUT2D eigenvalue weighted by Gasteiger charge is 2.31. The molecule has 0 saturated heterocycles. The van der Waals surface area contributed by atoms with Gasteiger partial charge in [0.2, 0.25) is 0 Å². The van der Waals surface area contributed by atoms with Crippen LogP contribution in [0.1, 0.15) is 31.8 Å². The maximum Gasteiger partial charge on any atom is 0.338 e. The van der Waals surface area contributed by atoms with Crippen molar-refractivity contribution in [3.05, 3.63) is 62.9 Å². The highest BCUT2D eigenvalue weighted by atomic mass is 79.9. The topological polar surface area (TPSA) is 63.6 Å². The molecule has 1 aliphatic rings. The lowest BCUT2D eigenvalue weighted by Crippen LogP contribution is -2.30. The number of fused-ring (bicyclic) bond motifs is 1. The van der Waals surface area contributed by atoms with E-state index in [0.717, 1.165) is 16.1 Å². The molecule has 2 aromatic carbocycles. The number of Topliss-reactive ketones (excluding diaryl/α,β-unsaturated/α-hetero) is 1. The summed E-state index contributed by atoms with van der Waals surface area (Å²) in [5.41, 5.74) is 1.63. The normalized spacial score (nSPS) is 16.3. The molecule has 1 aliphatic heterocycles. The Morgan fingerprint density at radius 3 is 2.72 bits per heavy atom. The Labute approximate surface area is 160 Å². The average Bonchev–Trinajstić information content (AvgIpc) is 2.58. The smallest absolute Gasteiger partial charge is 0.338 e. The zero-order valence-corrected chi connectivity index (χ0v) is 16.1. The molecular weight excluding hydrogens is 459 g/mol. The molecule has 2 aromatic rings. The number of alkyl halides is 1. The van der Waals surface area contributed by atoms with Crippen molar-refractivity contribution >= 4 is 43.6 Å². The van der Waals surface area contributed by atoms with Gasteiger partial charge >= 0.3 is 5.97 Å². The molecule has 3 rings (SSSR count). The summed E-state index contributed by atoms with van der Waals surface area (Å²) < 4.78 is 20.0. The standard InChI is InChI=1S/C18H13Br2FO4/c19-7-10-5-13-16(22)11(8-25-17(13)14(20)6-10)3-9-1-2-15(21)12(4-9)18(23)24/h1-2,4-6,11H,3,7-8H2,(H,23,24)/t11-/m0/s1. The van der Waals surface area contributed by atoms with E-state index in [2.05, 4.69) is 31.9 Å². The minimum absolute atomic E-state index is 0.0639. The third-order valence-corrected chi connectivity index (χ3v) is 5.30. The first-order valence-corrected chi connectivity index (χ1v) is 9.39. The van der Waals surface area contributed by atoms with Crippen LogP contribution in [0, 0.1) is 11.7 Å². The average molecular weight is 472 g/mol. The predicted molar refractivity (Wildman–Crippen MR) is 97.2 cm³/mol. The maximum absolute atomic E-state index is 13.5. The van der Waals surface area contributed by atoms with Crippen molar-refractivity contribution < 1.29 is 23.8 Å². The van der Waals surface area contributed by atoms with E-state index in [-0.39, 0.29) is 18.8 Å². The van der Waals surface area contributed by atoms with E-state index in [4.69, 9.17) is 9.84 Å². The molecule has 0 radical (unpaired) electrons. The number of ether oxygens (including phenoxy) is 1. The second-order valence-corrected chi connectivity index (χ2v) is 7.20. The molecule has 0 unspecified atom stereocenters. The molecule has 0 amide bonds. The first-order chi connectivity index (χ1) is 11.9. The summed E-state index contributed by atoms with van der Waals surface area (Å²) in [7, 11) is 0. The van der Waals surface area contributed by atoms with Crippen LogP contribution in [0.25, 0.3) is 0 Å². The lowest BCUT2D eigenvalue weighted by molar-refractivity contribution is 0.0691. The second kappa shape index (κ2) is 7.25. The fraction of sp³-hybridized carbons (Fsp3) is 0.222. The summed E-state index contributed by atoms with van der Waals surface area (Å²) in [5.74, 6) is -2.11. The van der Waals surface area contributed by atoms with E-state index in [0.29, 0.717) is 22.2 Å². The van der Waals surface area contributed by atoms with Gasteiger partial charge in [0.25, 0.3) is 0 Å². The van der Waals surface area contributed by atoms with E-state index in [1.807, 2.05) is 6.07 Å². The van der Waals surface area contributed by atoms with Crippen LogP contribution >= 0.6 is 31.9 Å². The summed E-state index contributed by atoms with van der Waals surface area (Å²) in [6.07, 6.45) is 0.287. The largest absolute Gasteiger partial charge is 0.491 e. The van der Waals surface area contributed by atoms with E-state index in [1.165, 1.54) is 12.1 Å². The van der Waals surface area contributed by atoms with Gasteiger partial charge in [0.05, 0.1) is 28.1 Å². The molecule has 0 fully saturated rings. The summed E-state index contributed by atoms with van der Waals surface area (Å²) in [4.78, 5) is 23.9. The number of benzene rings is 2. The van der Waals surface area contributed by atoms with Crippen LogP contribution in [0.2, 0.25) is 0 Å². The fourth-order valence-corrected chi connectivity index (χ4v) is 3.78. The van der Waals surface area contributed by atoms with Crippen molar-refractivity contribution in [3.8, 4) is 5.75 Å². The minimum atomic E-state index is -1.33. The van der Waals surface area contributed by atoms with Crippen LogP contribution in [0.15, 0.2) is 34.8 Å². The molecule has 25 heavy (non-hydrogen) atoms. The molecule has 1 N–H and O–H groups in total. The van der Waals surface area contributed by atoms with E-state index < -0.39 is 23.3 Å². The molecule has 0 aromatic heterocycles. The van der Waals surface area contributed by atoms with Crippen LogP contribution in [-0.2, 0) is 11.8 Å². The van der Waals surface area contributed by atoms with Crippen molar-refractivity contribution in [2.24, 2.45) is 5.92 Å². The third kappa shape index (κ3) is 3.62. The quantitative estimate of drug-likeness (QED) is 0.661. The monoisotopic (exact) mass is 470 g/mol. The molecule has 130 valence electrons. The highest BCUT2D eigenvalue weighted by Crippen LogP contribution is 2.37. The minimum Gasteiger partial charge on any atom is -0.491 e. The summed E-state index contributed by atoms with van der Waals surface area (Å²) in [5, 5.41) is 9.63. The van der Waals surface area contributed by atoms with Gasteiger partial charge < -0.3 is 9.84 Å². The van der Waals surface area contributed by atoms with Gasteiger partial charge in [-0.25, -0.2) is 9.18 Å². The van der Waals surface area contributed by atoms with Gasteiger partial charge in [-0.05, 0) is 57.7 Å².